The molecule has 2 nitrogen and oxygen atoms in total. The first-order valence-electron chi connectivity index (χ1n) is 28.1. The Morgan fingerprint density at radius 2 is 0.578 bits per heavy atom. The SMILES string of the molecule is CCCCCC1=C(c2cc(CCCC)cc(CCCC)c2)[N+](=[N-])C(c2cc(CCCCC)cc(CCCCC)c2)=C1CCCC.CCCCCCCC[CH2][Ni][CH2]CCCCCCCC. The molecule has 64 heavy (non-hydrogen) atoms. The molecule has 0 spiro atoms. The summed E-state index contributed by atoms with van der Waals surface area (Å²) >= 11 is 2.01. The van der Waals surface area contributed by atoms with Gasteiger partial charge in [-0.05, 0) is 124 Å². The average Bonchev–Trinajstić information content (AvgIpc) is 3.58. The second-order valence-electron chi connectivity index (χ2n) is 19.4. The first kappa shape index (κ1) is 58.1. The summed E-state index contributed by atoms with van der Waals surface area (Å²) in [6, 6.07) is 14.5. The molecule has 0 fully saturated rings. The van der Waals surface area contributed by atoms with E-state index < -0.39 is 0 Å². The van der Waals surface area contributed by atoms with E-state index in [0.29, 0.717) is 0 Å². The van der Waals surface area contributed by atoms with Crippen molar-refractivity contribution < 1.29 is 19.1 Å². The first-order valence-corrected chi connectivity index (χ1v) is 29.5. The van der Waals surface area contributed by atoms with Gasteiger partial charge in [0.05, 0.1) is 0 Å². The Hall–Kier alpha value is -1.99. The number of allylic oxidation sites excluding steroid dienone is 2. The molecule has 1 aliphatic rings. The van der Waals surface area contributed by atoms with Crippen molar-refractivity contribution in [3.8, 4) is 0 Å². The minimum absolute atomic E-state index is 1.03. The summed E-state index contributed by atoms with van der Waals surface area (Å²) in [6.07, 6.45) is 45.0. The molecule has 368 valence electrons. The third-order valence-electron chi connectivity index (χ3n) is 13.3. The average molecular weight is 924 g/mol. The zero-order valence-electron chi connectivity index (χ0n) is 43.8. The fourth-order valence-corrected chi connectivity index (χ4v) is 10.5. The number of benzene rings is 2. The van der Waals surface area contributed by atoms with Crippen LogP contribution in [-0.2, 0) is 40.1 Å². The molecule has 1 heterocycles. The van der Waals surface area contributed by atoms with Crippen molar-refractivity contribution in [3.05, 3.63) is 86.5 Å². The molecule has 2 aromatic rings. The first-order chi connectivity index (χ1) is 31.4. The molecule has 0 unspecified atom stereocenters. The maximum absolute atomic E-state index is 12.4. The Morgan fingerprint density at radius 1 is 0.312 bits per heavy atom. The molecule has 0 bridgehead atoms. The van der Waals surface area contributed by atoms with Crippen molar-refractivity contribution in [2.75, 3.05) is 0 Å². The third-order valence-corrected chi connectivity index (χ3v) is 14.6. The van der Waals surface area contributed by atoms with Crippen LogP contribution in [0.5, 0.6) is 0 Å². The van der Waals surface area contributed by atoms with Crippen molar-refractivity contribution in [2.45, 2.75) is 291 Å². The van der Waals surface area contributed by atoms with Crippen molar-refractivity contribution in [2.24, 2.45) is 0 Å². The monoisotopic (exact) mass is 923 g/mol. The van der Waals surface area contributed by atoms with Crippen molar-refractivity contribution in [1.29, 1.82) is 0 Å². The molecular weight excluding hydrogens is 819 g/mol. The van der Waals surface area contributed by atoms with Crippen LogP contribution < -0.4 is 0 Å². The van der Waals surface area contributed by atoms with Crippen LogP contribution in [0.2, 0.25) is 10.8 Å². The Morgan fingerprint density at radius 3 is 0.938 bits per heavy atom. The molecule has 0 radical (unpaired) electrons. The van der Waals surface area contributed by atoms with Gasteiger partial charge in [0, 0.05) is 22.3 Å². The fraction of sp³-hybridized carbons (Fsp3) is 0.738. The normalized spacial score (nSPS) is 12.8. The van der Waals surface area contributed by atoms with Gasteiger partial charge < -0.3 is 5.53 Å². The van der Waals surface area contributed by atoms with Gasteiger partial charge in [-0.25, -0.2) is 4.70 Å². The van der Waals surface area contributed by atoms with Gasteiger partial charge in [0.2, 0.25) is 11.4 Å². The maximum atomic E-state index is 12.4. The van der Waals surface area contributed by atoms with E-state index in [9.17, 15) is 5.53 Å². The Balaban J connectivity index is 0.000000623. The van der Waals surface area contributed by atoms with Gasteiger partial charge in [0.1, 0.15) is 0 Å². The van der Waals surface area contributed by atoms with Gasteiger partial charge in [-0.3, -0.25) is 0 Å². The van der Waals surface area contributed by atoms with Gasteiger partial charge in [-0.2, -0.15) is 0 Å². The molecule has 0 amide bonds. The standard InChI is InChI=1S/C43H66N2.2C9H19.Ni/c1-7-13-19-24-36-29-37(25-20-14-8-2)33-39(32-36)42-40(26-18-12-6)41(27-21-15-9-3)43(45(42)44)38-30-34(22-16-10-4)28-35(31-38)23-17-11-5;2*1-3-5-7-9-8-6-4-2;/h28-33H,7-27H2,1-6H3;2*1,3-9H2,2H3;. The van der Waals surface area contributed by atoms with Crippen molar-refractivity contribution in [1.82, 2.24) is 0 Å². The topological polar surface area (TPSA) is 25.3 Å². The van der Waals surface area contributed by atoms with Gasteiger partial charge in [-0.15, -0.1) is 0 Å². The van der Waals surface area contributed by atoms with Gasteiger partial charge in [0.25, 0.3) is 0 Å². The van der Waals surface area contributed by atoms with E-state index in [-0.39, 0.29) is 0 Å². The van der Waals surface area contributed by atoms with Crippen LogP contribution in [0.25, 0.3) is 16.9 Å². The molecule has 2 aromatic carbocycles. The summed E-state index contributed by atoms with van der Waals surface area (Å²) in [5, 5.41) is 2.85. The Bertz CT molecular complexity index is 1480. The second-order valence-corrected chi connectivity index (χ2v) is 20.9. The molecule has 0 N–H and O–H groups in total. The molecule has 3 rings (SSSR count). The quantitative estimate of drug-likeness (QED) is 0.0363. The van der Waals surface area contributed by atoms with Crippen molar-refractivity contribution >= 4 is 11.4 Å². The van der Waals surface area contributed by atoms with E-state index in [4.69, 9.17) is 0 Å². The second kappa shape index (κ2) is 39.1. The zero-order valence-corrected chi connectivity index (χ0v) is 44.8. The number of rotatable bonds is 39. The molecular formula is C61H104N2Ni. The number of hydrogen-bond acceptors (Lipinski definition) is 0. The van der Waals surface area contributed by atoms with E-state index >= 15 is 0 Å². The van der Waals surface area contributed by atoms with E-state index in [1.165, 1.54) is 229 Å². The van der Waals surface area contributed by atoms with E-state index in [1.54, 1.807) is 4.70 Å². The fourth-order valence-electron chi connectivity index (χ4n) is 9.30. The van der Waals surface area contributed by atoms with Gasteiger partial charge in [0.15, 0.2) is 0 Å². The number of nitrogens with zero attached hydrogens (tertiary/aromatic N) is 2. The predicted octanol–water partition coefficient (Wildman–Crippen LogP) is 21.2. The van der Waals surface area contributed by atoms with E-state index in [2.05, 4.69) is 91.8 Å². The number of unbranched alkanes of at least 4 members (excludes halogenated alkanes) is 21. The molecule has 0 saturated heterocycles. The van der Waals surface area contributed by atoms with Gasteiger partial charge >= 0.3 is 129 Å². The van der Waals surface area contributed by atoms with Crippen LogP contribution in [-0.4, -0.2) is 4.70 Å². The van der Waals surface area contributed by atoms with E-state index in [1.807, 2.05) is 14.4 Å². The molecule has 0 atom stereocenters. The zero-order chi connectivity index (χ0) is 46.5. The van der Waals surface area contributed by atoms with E-state index in [0.717, 1.165) is 62.8 Å². The molecule has 3 heteroatoms. The van der Waals surface area contributed by atoms with Gasteiger partial charge in [-0.1, -0.05) is 111 Å². The van der Waals surface area contributed by atoms with Crippen LogP contribution >= 0.6 is 0 Å². The van der Waals surface area contributed by atoms with Crippen molar-refractivity contribution in [3.63, 3.8) is 0 Å². The Labute approximate surface area is 405 Å². The van der Waals surface area contributed by atoms with Crippen LogP contribution in [0, 0.1) is 0 Å². The summed E-state index contributed by atoms with van der Waals surface area (Å²) in [4.78, 5) is 0. The van der Waals surface area contributed by atoms with Crippen LogP contribution in [0.1, 0.15) is 288 Å². The molecule has 1 aliphatic heterocycles. The summed E-state index contributed by atoms with van der Waals surface area (Å²) < 4.78 is 1.65. The van der Waals surface area contributed by atoms with Crippen LogP contribution in [0.3, 0.4) is 0 Å². The third kappa shape index (κ3) is 24.2. The number of aryl methyl sites for hydroxylation is 4. The molecule has 0 saturated carbocycles. The molecule has 0 aromatic heterocycles. The Kier molecular flexibility index (Phi) is 35.5. The summed E-state index contributed by atoms with van der Waals surface area (Å²) in [7, 11) is 0. The van der Waals surface area contributed by atoms with Crippen LogP contribution in [0.15, 0.2) is 47.5 Å². The summed E-state index contributed by atoms with van der Waals surface area (Å²) in [6.45, 7) is 18.3. The number of hydrogen-bond donors (Lipinski definition) is 0. The molecule has 0 aliphatic carbocycles. The predicted molar refractivity (Wildman–Crippen MR) is 283 cm³/mol. The summed E-state index contributed by atoms with van der Waals surface area (Å²) in [5.74, 6) is 0. The minimum atomic E-state index is 1.03. The van der Waals surface area contributed by atoms with Crippen LogP contribution in [0.4, 0.5) is 0 Å². The summed E-state index contributed by atoms with van der Waals surface area (Å²) in [5.41, 5.74) is 25.5.